The van der Waals surface area contributed by atoms with Crippen molar-refractivity contribution in [1.82, 2.24) is 4.98 Å². The first-order valence-electron chi connectivity index (χ1n) is 3.83. The van der Waals surface area contributed by atoms with Crippen molar-refractivity contribution < 1.29 is 0 Å². The van der Waals surface area contributed by atoms with Gasteiger partial charge in [-0.3, -0.25) is 4.98 Å². The van der Waals surface area contributed by atoms with E-state index in [1.54, 1.807) is 6.20 Å². The van der Waals surface area contributed by atoms with E-state index < -0.39 is 0 Å². The molecule has 1 aromatic rings. The molecule has 0 saturated carbocycles. The Balaban J connectivity index is 2.82. The molecule has 1 heterocycles. The summed E-state index contributed by atoms with van der Waals surface area (Å²) in [7, 11) is 2.66. The van der Waals surface area contributed by atoms with Crippen LogP contribution in [-0.4, -0.2) is 4.98 Å². The van der Waals surface area contributed by atoms with Crippen LogP contribution in [-0.2, 0) is 0 Å². The molecule has 0 bridgehead atoms. The zero-order valence-electron chi connectivity index (χ0n) is 7.07. The lowest BCUT2D eigenvalue weighted by Gasteiger charge is -1.95. The Bertz CT molecular complexity index is 302. The van der Waals surface area contributed by atoms with Crippen molar-refractivity contribution in [1.29, 1.82) is 0 Å². The highest BCUT2D eigenvalue weighted by Gasteiger charge is 1.89. The molecule has 0 radical (unpaired) electrons. The first kappa shape index (κ1) is 9.15. The second kappa shape index (κ2) is 4.84. The zero-order chi connectivity index (χ0) is 8.81. The van der Waals surface area contributed by atoms with E-state index in [1.165, 1.54) is 5.56 Å². The summed E-state index contributed by atoms with van der Waals surface area (Å²) in [6.45, 7) is 2.00. The van der Waals surface area contributed by atoms with Crippen molar-refractivity contribution in [3.63, 3.8) is 0 Å². The van der Waals surface area contributed by atoms with Crippen LogP contribution in [0.3, 0.4) is 0 Å². The highest BCUT2D eigenvalue weighted by Crippen LogP contribution is 2.00. The van der Waals surface area contributed by atoms with Gasteiger partial charge in [0, 0.05) is 12.4 Å². The maximum Gasteiger partial charge on any atom is 0.0345 e. The van der Waals surface area contributed by atoms with Crippen molar-refractivity contribution in [2.45, 2.75) is 6.92 Å². The van der Waals surface area contributed by atoms with E-state index in [2.05, 4.69) is 20.3 Å². The minimum Gasteiger partial charge on any atom is -0.264 e. The molecule has 1 nitrogen and oxygen atoms in total. The number of rotatable bonds is 2. The average molecular weight is 177 g/mol. The molecule has 0 saturated heterocycles. The molecular formula is C10H12NP. The largest absolute Gasteiger partial charge is 0.264 e. The Morgan fingerprint density at radius 2 is 2.25 bits per heavy atom. The fourth-order valence-corrected chi connectivity index (χ4v) is 1.12. The average Bonchev–Trinajstić information content (AvgIpc) is 2.09. The van der Waals surface area contributed by atoms with Crippen LogP contribution in [0.2, 0.25) is 0 Å². The summed E-state index contributed by atoms with van der Waals surface area (Å²) in [5.41, 5.74) is 1.19. The predicted octanol–water partition coefficient (Wildman–Crippen LogP) is 2.17. The third-order valence-corrected chi connectivity index (χ3v) is 1.95. The van der Waals surface area contributed by atoms with Crippen molar-refractivity contribution in [3.8, 4) is 0 Å². The van der Waals surface area contributed by atoms with E-state index in [-0.39, 0.29) is 0 Å². The standard InChI is InChI=1S/C10H12NP/c1-2-3-4-5-9-6-7-11-8-10(9)12/h2-8H,12H2,1H3/b3-2-,5-4-. The second-order valence-corrected chi connectivity index (χ2v) is 3.01. The molecule has 12 heavy (non-hydrogen) atoms. The van der Waals surface area contributed by atoms with Gasteiger partial charge in [0.1, 0.15) is 0 Å². The molecule has 1 unspecified atom stereocenters. The zero-order valence-corrected chi connectivity index (χ0v) is 8.22. The van der Waals surface area contributed by atoms with Crippen LogP contribution in [0.4, 0.5) is 0 Å². The van der Waals surface area contributed by atoms with Crippen molar-refractivity contribution in [2.24, 2.45) is 0 Å². The monoisotopic (exact) mass is 177 g/mol. The van der Waals surface area contributed by atoms with E-state index >= 15 is 0 Å². The van der Waals surface area contributed by atoms with Crippen LogP contribution in [0, 0.1) is 0 Å². The lowest BCUT2D eigenvalue weighted by molar-refractivity contribution is 1.35. The highest BCUT2D eigenvalue weighted by atomic mass is 31.0. The lowest BCUT2D eigenvalue weighted by atomic mass is 10.2. The van der Waals surface area contributed by atoms with Gasteiger partial charge in [-0.25, -0.2) is 0 Å². The molecule has 0 aliphatic carbocycles. The first-order valence-corrected chi connectivity index (χ1v) is 4.41. The lowest BCUT2D eigenvalue weighted by Crippen LogP contribution is -1.95. The van der Waals surface area contributed by atoms with Gasteiger partial charge in [0.25, 0.3) is 0 Å². The summed E-state index contributed by atoms with van der Waals surface area (Å²) in [5.74, 6) is 0. The van der Waals surface area contributed by atoms with Crippen molar-refractivity contribution in [2.75, 3.05) is 0 Å². The number of nitrogens with zero attached hydrogens (tertiary/aromatic N) is 1. The molecule has 0 fully saturated rings. The van der Waals surface area contributed by atoms with Gasteiger partial charge in [-0.2, -0.15) is 0 Å². The topological polar surface area (TPSA) is 12.9 Å². The van der Waals surface area contributed by atoms with Gasteiger partial charge in [-0.15, -0.1) is 9.24 Å². The van der Waals surface area contributed by atoms with Crippen LogP contribution in [0.1, 0.15) is 12.5 Å². The van der Waals surface area contributed by atoms with E-state index in [9.17, 15) is 0 Å². The van der Waals surface area contributed by atoms with E-state index in [0.717, 1.165) is 5.30 Å². The van der Waals surface area contributed by atoms with Gasteiger partial charge in [-0.1, -0.05) is 24.3 Å². The van der Waals surface area contributed by atoms with Crippen LogP contribution in [0.15, 0.2) is 36.7 Å². The van der Waals surface area contributed by atoms with Gasteiger partial charge in [-0.05, 0) is 23.9 Å². The van der Waals surface area contributed by atoms with Gasteiger partial charge < -0.3 is 0 Å². The molecule has 2 heteroatoms. The summed E-state index contributed by atoms with van der Waals surface area (Å²) in [5, 5.41) is 1.12. The fourth-order valence-electron chi connectivity index (χ4n) is 0.840. The summed E-state index contributed by atoms with van der Waals surface area (Å²) < 4.78 is 0. The Kier molecular flexibility index (Phi) is 3.69. The third-order valence-electron chi connectivity index (χ3n) is 1.47. The Morgan fingerprint density at radius 1 is 1.42 bits per heavy atom. The number of hydrogen-bond donors (Lipinski definition) is 0. The van der Waals surface area contributed by atoms with E-state index in [0.29, 0.717) is 0 Å². The number of aromatic nitrogens is 1. The van der Waals surface area contributed by atoms with Crippen molar-refractivity contribution >= 4 is 20.6 Å². The van der Waals surface area contributed by atoms with Gasteiger partial charge in [0.05, 0.1) is 0 Å². The van der Waals surface area contributed by atoms with Crippen LogP contribution in [0.5, 0.6) is 0 Å². The molecular weight excluding hydrogens is 165 g/mol. The minimum absolute atomic E-state index is 1.12. The maximum absolute atomic E-state index is 4.00. The first-order chi connectivity index (χ1) is 5.84. The van der Waals surface area contributed by atoms with Crippen LogP contribution < -0.4 is 5.30 Å². The molecule has 1 rings (SSSR count). The summed E-state index contributed by atoms with van der Waals surface area (Å²) in [4.78, 5) is 4.00. The summed E-state index contributed by atoms with van der Waals surface area (Å²) in [6.07, 6.45) is 11.7. The smallest absolute Gasteiger partial charge is 0.0345 e. The Labute approximate surface area is 75.4 Å². The molecule has 62 valence electrons. The molecule has 1 aromatic heterocycles. The molecule has 0 aliphatic rings. The summed E-state index contributed by atoms with van der Waals surface area (Å²) in [6, 6.07) is 1.99. The molecule has 1 atom stereocenters. The highest BCUT2D eigenvalue weighted by molar-refractivity contribution is 7.27. The fraction of sp³-hybridized carbons (Fsp3) is 0.100. The Morgan fingerprint density at radius 3 is 2.92 bits per heavy atom. The number of hydrogen-bond acceptors (Lipinski definition) is 1. The Hall–Kier alpha value is -0.940. The number of allylic oxidation sites excluding steroid dienone is 3. The second-order valence-electron chi connectivity index (χ2n) is 2.39. The quantitative estimate of drug-likeness (QED) is 0.498. The molecule has 0 amide bonds. The van der Waals surface area contributed by atoms with Crippen molar-refractivity contribution in [3.05, 3.63) is 42.3 Å². The van der Waals surface area contributed by atoms with Gasteiger partial charge >= 0.3 is 0 Å². The predicted molar refractivity (Wildman–Crippen MR) is 57.4 cm³/mol. The maximum atomic E-state index is 4.00. The van der Waals surface area contributed by atoms with Gasteiger partial charge in [0.15, 0.2) is 0 Å². The third kappa shape index (κ3) is 2.60. The van der Waals surface area contributed by atoms with Crippen LogP contribution >= 0.6 is 9.24 Å². The SMILES string of the molecule is C/C=C\C=C/c1ccncc1P. The summed E-state index contributed by atoms with van der Waals surface area (Å²) >= 11 is 0. The van der Waals surface area contributed by atoms with Crippen LogP contribution in [0.25, 0.3) is 6.08 Å². The molecule has 0 N–H and O–H groups in total. The minimum atomic E-state index is 1.12. The molecule has 0 aliphatic heterocycles. The molecule has 0 spiro atoms. The normalized spacial score (nSPS) is 11.5. The van der Waals surface area contributed by atoms with E-state index in [1.807, 2.05) is 37.4 Å². The molecule has 0 aromatic carbocycles. The number of pyridine rings is 1. The van der Waals surface area contributed by atoms with Gasteiger partial charge in [0.2, 0.25) is 0 Å². The van der Waals surface area contributed by atoms with E-state index in [4.69, 9.17) is 0 Å².